The fourth-order valence-corrected chi connectivity index (χ4v) is 2.42. The van der Waals surface area contributed by atoms with Crippen LogP contribution in [0.4, 0.5) is 5.69 Å². The number of benzene rings is 2. The highest BCUT2D eigenvalue weighted by Crippen LogP contribution is 2.21. The number of amides is 1. The molecule has 0 unspecified atom stereocenters. The normalized spacial score (nSPS) is 10.5. The number of hydrogen-bond acceptors (Lipinski definition) is 4. The van der Waals surface area contributed by atoms with Crippen molar-refractivity contribution in [3.8, 4) is 5.75 Å². The van der Waals surface area contributed by atoms with Crippen molar-refractivity contribution in [3.05, 3.63) is 65.2 Å². The third kappa shape index (κ3) is 5.31. The van der Waals surface area contributed by atoms with Gasteiger partial charge in [-0.25, -0.2) is 0 Å². The molecule has 0 saturated carbocycles. The van der Waals surface area contributed by atoms with Crippen LogP contribution in [0.5, 0.6) is 5.75 Å². The van der Waals surface area contributed by atoms with Crippen LogP contribution in [0.15, 0.2) is 48.5 Å². The van der Waals surface area contributed by atoms with E-state index in [0.717, 1.165) is 5.56 Å². The Bertz CT molecular complexity index is 870. The van der Waals surface area contributed by atoms with Crippen molar-refractivity contribution in [1.29, 1.82) is 0 Å². The average Bonchev–Trinajstić information content (AvgIpc) is 2.59. The van der Waals surface area contributed by atoms with Gasteiger partial charge in [0.15, 0.2) is 5.78 Å². The van der Waals surface area contributed by atoms with Crippen molar-refractivity contribution in [2.45, 2.75) is 13.3 Å². The molecule has 6 heteroatoms. The molecule has 0 aliphatic carbocycles. The van der Waals surface area contributed by atoms with Crippen LogP contribution >= 0.6 is 0 Å². The summed E-state index contributed by atoms with van der Waals surface area (Å²) in [4.78, 5) is 34.4. The van der Waals surface area contributed by atoms with Gasteiger partial charge in [0.2, 0.25) is 5.91 Å². The Morgan fingerprint density at radius 3 is 2.58 bits per heavy atom. The molecular formula is C20H19NO5. The molecule has 1 amide bonds. The van der Waals surface area contributed by atoms with Crippen LogP contribution in [0.25, 0.3) is 6.08 Å². The first-order valence-electron chi connectivity index (χ1n) is 7.88. The third-order valence-corrected chi connectivity index (χ3v) is 3.54. The maximum Gasteiger partial charge on any atom is 0.307 e. The van der Waals surface area contributed by atoms with Gasteiger partial charge in [-0.15, -0.1) is 0 Å². The van der Waals surface area contributed by atoms with Gasteiger partial charge in [0.25, 0.3) is 0 Å². The summed E-state index contributed by atoms with van der Waals surface area (Å²) in [6.07, 6.45) is 2.81. The van der Waals surface area contributed by atoms with Gasteiger partial charge in [-0.1, -0.05) is 18.2 Å². The number of aliphatic carboxylic acids is 1. The van der Waals surface area contributed by atoms with Crippen molar-refractivity contribution in [1.82, 2.24) is 0 Å². The molecule has 0 radical (unpaired) electrons. The van der Waals surface area contributed by atoms with Gasteiger partial charge in [0.1, 0.15) is 5.75 Å². The first kappa shape index (κ1) is 18.9. The van der Waals surface area contributed by atoms with E-state index in [1.165, 1.54) is 26.2 Å². The predicted molar refractivity (Wildman–Crippen MR) is 98.4 cm³/mol. The molecular weight excluding hydrogens is 334 g/mol. The molecule has 0 heterocycles. The second kappa shape index (κ2) is 8.62. The topological polar surface area (TPSA) is 92.7 Å². The van der Waals surface area contributed by atoms with E-state index < -0.39 is 5.97 Å². The lowest BCUT2D eigenvalue weighted by molar-refractivity contribution is -0.136. The number of carboxylic acids is 1. The molecule has 2 rings (SSSR count). The number of carbonyl (C=O) groups excluding carboxylic acids is 2. The lowest BCUT2D eigenvalue weighted by atomic mass is 10.0. The number of carbonyl (C=O) groups is 3. The summed E-state index contributed by atoms with van der Waals surface area (Å²) in [6, 6.07) is 11.8. The molecule has 0 atom stereocenters. The van der Waals surface area contributed by atoms with Crippen molar-refractivity contribution in [2.24, 2.45) is 0 Å². The highest BCUT2D eigenvalue weighted by atomic mass is 16.5. The Labute approximate surface area is 151 Å². The van der Waals surface area contributed by atoms with Gasteiger partial charge in [0.05, 0.1) is 13.5 Å². The SMILES string of the molecule is COc1ccc(C(=O)/C=C/c2cccc(NC(C)=O)c2)cc1CC(=O)O. The molecule has 134 valence electrons. The Morgan fingerprint density at radius 2 is 1.92 bits per heavy atom. The maximum atomic E-state index is 12.4. The van der Waals surface area contributed by atoms with E-state index >= 15 is 0 Å². The summed E-state index contributed by atoms with van der Waals surface area (Å²) in [7, 11) is 1.45. The minimum atomic E-state index is -1.00. The third-order valence-electron chi connectivity index (χ3n) is 3.54. The molecule has 0 aliphatic heterocycles. The van der Waals surface area contributed by atoms with Crippen molar-refractivity contribution in [3.63, 3.8) is 0 Å². The average molecular weight is 353 g/mol. The molecule has 2 aromatic carbocycles. The van der Waals surface area contributed by atoms with E-state index in [2.05, 4.69) is 5.32 Å². The van der Waals surface area contributed by atoms with E-state index in [4.69, 9.17) is 9.84 Å². The zero-order chi connectivity index (χ0) is 19.1. The maximum absolute atomic E-state index is 12.4. The zero-order valence-corrected chi connectivity index (χ0v) is 14.5. The van der Waals surface area contributed by atoms with Gasteiger partial charge in [-0.2, -0.15) is 0 Å². The van der Waals surface area contributed by atoms with Gasteiger partial charge in [-0.05, 0) is 42.0 Å². The fraction of sp³-hybridized carbons (Fsp3) is 0.150. The molecule has 6 nitrogen and oxygen atoms in total. The lowest BCUT2D eigenvalue weighted by Crippen LogP contribution is -2.05. The molecule has 0 spiro atoms. The summed E-state index contributed by atoms with van der Waals surface area (Å²) in [5, 5.41) is 11.6. The molecule has 0 aliphatic rings. The van der Waals surface area contributed by atoms with E-state index in [-0.39, 0.29) is 18.1 Å². The molecule has 2 aromatic rings. The first-order chi connectivity index (χ1) is 12.4. The minimum Gasteiger partial charge on any atom is -0.496 e. The highest BCUT2D eigenvalue weighted by Gasteiger charge is 2.11. The van der Waals surface area contributed by atoms with Gasteiger partial charge >= 0.3 is 5.97 Å². The van der Waals surface area contributed by atoms with Crippen LogP contribution in [0.1, 0.15) is 28.4 Å². The number of carboxylic acid groups (broad SMARTS) is 1. The quantitative estimate of drug-likeness (QED) is 0.589. The van der Waals surface area contributed by atoms with E-state index in [9.17, 15) is 14.4 Å². The largest absolute Gasteiger partial charge is 0.496 e. The molecule has 0 fully saturated rings. The van der Waals surface area contributed by atoms with E-state index in [1.807, 2.05) is 0 Å². The van der Waals surface area contributed by atoms with Crippen molar-refractivity contribution >= 4 is 29.4 Å². The number of nitrogens with one attached hydrogen (secondary N) is 1. The number of methoxy groups -OCH3 is 1. The molecule has 0 saturated heterocycles. The number of ketones is 1. The number of ether oxygens (including phenoxy) is 1. The van der Waals surface area contributed by atoms with Crippen molar-refractivity contribution in [2.75, 3.05) is 12.4 Å². The van der Waals surface area contributed by atoms with Crippen LogP contribution in [-0.4, -0.2) is 29.9 Å². The highest BCUT2D eigenvalue weighted by molar-refractivity contribution is 6.07. The second-order valence-electron chi connectivity index (χ2n) is 5.60. The van der Waals surface area contributed by atoms with Crippen molar-refractivity contribution < 1.29 is 24.2 Å². The van der Waals surface area contributed by atoms with Crippen LogP contribution in [-0.2, 0) is 16.0 Å². The zero-order valence-electron chi connectivity index (χ0n) is 14.5. The number of rotatable bonds is 7. The fourth-order valence-electron chi connectivity index (χ4n) is 2.42. The van der Waals surface area contributed by atoms with E-state index in [0.29, 0.717) is 22.6 Å². The summed E-state index contributed by atoms with van der Waals surface area (Å²) in [6.45, 7) is 1.42. The van der Waals surface area contributed by atoms with Gasteiger partial charge in [-0.3, -0.25) is 14.4 Å². The van der Waals surface area contributed by atoms with Gasteiger partial charge < -0.3 is 15.2 Å². The lowest BCUT2D eigenvalue weighted by Gasteiger charge is -2.08. The molecule has 0 aromatic heterocycles. The molecule has 26 heavy (non-hydrogen) atoms. The number of anilines is 1. The second-order valence-corrected chi connectivity index (χ2v) is 5.60. The summed E-state index contributed by atoms with van der Waals surface area (Å²) in [5.74, 6) is -1.01. The van der Waals surface area contributed by atoms with E-state index in [1.54, 1.807) is 42.5 Å². The Hall–Kier alpha value is -3.41. The summed E-state index contributed by atoms with van der Waals surface area (Å²) in [5.41, 5.74) is 2.20. The monoisotopic (exact) mass is 353 g/mol. The minimum absolute atomic E-state index is 0.175. The summed E-state index contributed by atoms with van der Waals surface area (Å²) >= 11 is 0. The Balaban J connectivity index is 2.20. The van der Waals surface area contributed by atoms with Crippen LogP contribution in [0, 0.1) is 0 Å². The summed E-state index contributed by atoms with van der Waals surface area (Å²) < 4.78 is 5.13. The predicted octanol–water partition coefficient (Wildman–Crippen LogP) is 3.18. The van der Waals surface area contributed by atoms with Gasteiger partial charge in [0, 0.05) is 23.7 Å². The Kier molecular flexibility index (Phi) is 6.27. The van der Waals surface area contributed by atoms with Crippen LogP contribution in [0.2, 0.25) is 0 Å². The molecule has 0 bridgehead atoms. The smallest absolute Gasteiger partial charge is 0.307 e. The van der Waals surface area contributed by atoms with Crippen LogP contribution in [0.3, 0.4) is 0 Å². The standard InChI is InChI=1S/C20H19NO5/c1-13(22)21-17-5-3-4-14(10-17)6-8-18(23)15-7-9-19(26-2)16(11-15)12-20(24)25/h3-11H,12H2,1-2H3,(H,21,22)(H,24,25)/b8-6+. The van der Waals surface area contributed by atoms with Crippen LogP contribution < -0.4 is 10.1 Å². The number of hydrogen-bond donors (Lipinski definition) is 2. The number of allylic oxidation sites excluding steroid dienone is 1. The Morgan fingerprint density at radius 1 is 1.15 bits per heavy atom. The molecule has 2 N–H and O–H groups in total. The first-order valence-corrected chi connectivity index (χ1v) is 7.88.